The van der Waals surface area contributed by atoms with Crippen LogP contribution in [0.5, 0.6) is 0 Å². The van der Waals surface area contributed by atoms with Crippen molar-refractivity contribution >= 4 is 21.2 Å². The molecular formula is C11H21NO9P2. The molecule has 134 valence electrons. The van der Waals surface area contributed by atoms with E-state index < -0.39 is 44.4 Å². The van der Waals surface area contributed by atoms with Crippen LogP contribution in [-0.4, -0.2) is 57.9 Å². The summed E-state index contributed by atoms with van der Waals surface area (Å²) < 4.78 is 23.3. The van der Waals surface area contributed by atoms with Gasteiger partial charge >= 0.3 is 21.2 Å². The van der Waals surface area contributed by atoms with Crippen LogP contribution in [0.2, 0.25) is 0 Å². The molecular weight excluding hydrogens is 352 g/mol. The Labute approximate surface area is 133 Å². The summed E-state index contributed by atoms with van der Waals surface area (Å²) in [5.74, 6) is -7.46. The summed E-state index contributed by atoms with van der Waals surface area (Å²) >= 11 is 0. The van der Waals surface area contributed by atoms with Gasteiger partial charge in [-0.2, -0.15) is 0 Å². The lowest BCUT2D eigenvalue weighted by molar-refractivity contribution is -0.196. The maximum atomic E-state index is 11.6. The molecule has 0 fully saturated rings. The van der Waals surface area contributed by atoms with E-state index in [2.05, 4.69) is 13.2 Å². The van der Waals surface area contributed by atoms with Crippen LogP contribution in [0.15, 0.2) is 25.3 Å². The third-order valence-corrected chi connectivity index (χ3v) is 5.49. The first kappa shape index (κ1) is 22.2. The topological polar surface area (TPSA) is 176 Å². The highest BCUT2D eigenvalue weighted by Crippen LogP contribution is 2.54. The summed E-state index contributed by atoms with van der Waals surface area (Å²) in [4.78, 5) is 49.2. The first-order valence-electron chi connectivity index (χ1n) is 6.25. The largest absolute Gasteiger partial charge is 0.478 e. The van der Waals surface area contributed by atoms with Crippen molar-refractivity contribution in [2.24, 2.45) is 5.92 Å². The first-order chi connectivity index (χ1) is 10.2. The summed E-state index contributed by atoms with van der Waals surface area (Å²) in [7, 11) is -10.3. The van der Waals surface area contributed by atoms with Gasteiger partial charge in [0.05, 0.1) is 0 Å². The Bertz CT molecular complexity index is 532. The zero-order valence-corrected chi connectivity index (χ0v) is 14.3. The van der Waals surface area contributed by atoms with Gasteiger partial charge in [0, 0.05) is 5.92 Å². The Morgan fingerprint density at radius 2 is 1.35 bits per heavy atom. The highest BCUT2D eigenvalue weighted by Gasteiger charge is 2.57. The Kier molecular flexibility index (Phi) is 7.11. The molecule has 0 saturated heterocycles. The van der Waals surface area contributed by atoms with Gasteiger partial charge in [0.2, 0.25) is 5.72 Å². The van der Waals surface area contributed by atoms with Crippen LogP contribution in [0, 0.1) is 5.92 Å². The fourth-order valence-corrected chi connectivity index (χ4v) is 3.98. The zero-order valence-electron chi connectivity index (χ0n) is 12.6. The molecule has 23 heavy (non-hydrogen) atoms. The fourth-order valence-electron chi connectivity index (χ4n) is 2.04. The third kappa shape index (κ3) is 4.59. The molecule has 0 bridgehead atoms. The van der Waals surface area contributed by atoms with Crippen LogP contribution >= 0.6 is 15.2 Å². The Balaban J connectivity index is 6.70. The van der Waals surface area contributed by atoms with Gasteiger partial charge in [0.25, 0.3) is 0 Å². The van der Waals surface area contributed by atoms with Gasteiger partial charge in [-0.1, -0.05) is 26.0 Å². The number of rotatable bonds is 9. The predicted octanol–water partition coefficient (Wildman–Crippen LogP) is 0.0972. The number of carboxylic acid groups (broad SMARTS) is 1. The van der Waals surface area contributed by atoms with Crippen molar-refractivity contribution < 1.29 is 43.7 Å². The number of aliphatic hydroxyl groups is 1. The number of aliphatic carboxylic acids is 1. The molecule has 0 rings (SSSR count). The van der Waals surface area contributed by atoms with Gasteiger partial charge in [-0.15, -0.1) is 13.2 Å². The van der Waals surface area contributed by atoms with E-state index >= 15 is 0 Å². The quantitative estimate of drug-likeness (QED) is 0.185. The molecule has 0 aromatic rings. The molecule has 0 aromatic carbocycles. The van der Waals surface area contributed by atoms with Crippen LogP contribution in [0.1, 0.15) is 13.8 Å². The zero-order chi connectivity index (χ0) is 18.8. The molecule has 0 aliphatic carbocycles. The van der Waals surface area contributed by atoms with Gasteiger partial charge in [-0.3, -0.25) is 9.13 Å². The van der Waals surface area contributed by atoms with E-state index in [0.29, 0.717) is 12.2 Å². The van der Waals surface area contributed by atoms with E-state index in [1.807, 2.05) is 0 Å². The average molecular weight is 373 g/mol. The standard InChI is InChI=1S/C11H21NO9P2/c1-5-8(22(16,17)18)12(9(6-2)23(19,20)21)11(15,7(3)4)10(13)14/h5-9,15H,1-2H2,3-4H3,(H,13,14)(H2,16,17,18)(H2,19,20,21)/t8?,9?,11-/m1/s1. The van der Waals surface area contributed by atoms with E-state index in [9.17, 15) is 43.7 Å². The molecule has 12 heteroatoms. The van der Waals surface area contributed by atoms with E-state index in [1.165, 1.54) is 13.8 Å². The predicted molar refractivity (Wildman–Crippen MR) is 81.3 cm³/mol. The molecule has 0 spiro atoms. The average Bonchev–Trinajstić information content (AvgIpc) is 2.33. The summed E-state index contributed by atoms with van der Waals surface area (Å²) in [6.07, 6.45) is 1.23. The van der Waals surface area contributed by atoms with Crippen molar-refractivity contribution in [3.63, 3.8) is 0 Å². The highest BCUT2D eigenvalue weighted by atomic mass is 31.2. The van der Waals surface area contributed by atoms with E-state index in [-0.39, 0.29) is 4.90 Å². The van der Waals surface area contributed by atoms with Crippen molar-refractivity contribution in [3.8, 4) is 0 Å². The lowest BCUT2D eigenvalue weighted by Gasteiger charge is -2.45. The van der Waals surface area contributed by atoms with Gasteiger partial charge in [0.15, 0.2) is 0 Å². The monoisotopic (exact) mass is 373 g/mol. The van der Waals surface area contributed by atoms with Crippen LogP contribution < -0.4 is 0 Å². The highest BCUT2D eigenvalue weighted by molar-refractivity contribution is 7.53. The van der Waals surface area contributed by atoms with Gasteiger partial charge in [-0.25, -0.2) is 9.69 Å². The van der Waals surface area contributed by atoms with Crippen molar-refractivity contribution in [3.05, 3.63) is 25.3 Å². The Morgan fingerprint density at radius 3 is 1.48 bits per heavy atom. The molecule has 0 radical (unpaired) electrons. The Hall–Kier alpha value is -0.830. The molecule has 3 atom stereocenters. The minimum absolute atomic E-state index is 0.140. The van der Waals surface area contributed by atoms with E-state index in [4.69, 9.17) is 0 Å². The van der Waals surface area contributed by atoms with Crippen LogP contribution in [0.3, 0.4) is 0 Å². The summed E-state index contributed by atoms with van der Waals surface area (Å²) in [6.45, 7) is 8.73. The summed E-state index contributed by atoms with van der Waals surface area (Å²) in [6, 6.07) is 0. The summed E-state index contributed by atoms with van der Waals surface area (Å²) in [5, 5.41) is 19.8. The number of hydrogen-bond acceptors (Lipinski definition) is 5. The number of carbonyl (C=O) groups is 1. The molecule has 0 aliphatic heterocycles. The third-order valence-electron chi connectivity index (χ3n) is 3.19. The van der Waals surface area contributed by atoms with Crippen molar-refractivity contribution in [1.29, 1.82) is 0 Å². The van der Waals surface area contributed by atoms with Gasteiger partial charge in [-0.05, 0) is 0 Å². The molecule has 0 amide bonds. The second-order valence-corrected chi connectivity index (χ2v) is 8.48. The molecule has 0 heterocycles. The Morgan fingerprint density at radius 1 is 1.04 bits per heavy atom. The molecule has 2 unspecified atom stereocenters. The van der Waals surface area contributed by atoms with Gasteiger partial charge in [0.1, 0.15) is 11.6 Å². The maximum absolute atomic E-state index is 11.6. The normalized spacial score (nSPS) is 18.3. The van der Waals surface area contributed by atoms with Crippen molar-refractivity contribution in [2.75, 3.05) is 0 Å². The molecule has 0 saturated carbocycles. The second kappa shape index (κ2) is 7.38. The van der Waals surface area contributed by atoms with Crippen molar-refractivity contribution in [2.45, 2.75) is 31.1 Å². The fraction of sp³-hybridized carbons (Fsp3) is 0.545. The minimum atomic E-state index is -5.15. The molecule has 6 N–H and O–H groups in total. The minimum Gasteiger partial charge on any atom is -0.478 e. The van der Waals surface area contributed by atoms with Crippen molar-refractivity contribution in [1.82, 2.24) is 4.90 Å². The smallest absolute Gasteiger partial charge is 0.351 e. The molecule has 10 nitrogen and oxygen atoms in total. The first-order valence-corrected chi connectivity index (χ1v) is 9.61. The van der Waals surface area contributed by atoms with Crippen LogP contribution in [0.25, 0.3) is 0 Å². The van der Waals surface area contributed by atoms with Gasteiger partial charge < -0.3 is 29.8 Å². The van der Waals surface area contributed by atoms with Crippen LogP contribution in [-0.2, 0) is 13.9 Å². The van der Waals surface area contributed by atoms with E-state index in [1.54, 1.807) is 0 Å². The molecule has 0 aliphatic rings. The van der Waals surface area contributed by atoms with Crippen LogP contribution in [0.4, 0.5) is 0 Å². The number of carboxylic acids is 1. The molecule has 0 aromatic heterocycles. The van der Waals surface area contributed by atoms with E-state index in [0.717, 1.165) is 0 Å². The summed E-state index contributed by atoms with van der Waals surface area (Å²) in [5.41, 5.74) is -3.00. The number of hydrogen-bond donors (Lipinski definition) is 6. The lowest BCUT2D eigenvalue weighted by Crippen LogP contribution is -2.64. The SMILES string of the molecule is C=CC(N(C(C=C)P(=O)(O)O)[C@](O)(C(=O)O)C(C)C)P(=O)(O)O. The second-order valence-electron chi connectivity index (χ2n) is 5.07. The lowest BCUT2D eigenvalue weighted by atomic mass is 9.97. The maximum Gasteiger partial charge on any atom is 0.351 e. The number of nitrogens with zero attached hydrogens (tertiary/aromatic N) is 1.